The van der Waals surface area contributed by atoms with Gasteiger partial charge in [-0.2, -0.15) is 0 Å². The fraction of sp³-hybridized carbons (Fsp3) is 0.545. The van der Waals surface area contributed by atoms with Gasteiger partial charge in [0.2, 0.25) is 0 Å². The van der Waals surface area contributed by atoms with Crippen molar-refractivity contribution >= 4 is 17.7 Å². The Balaban J connectivity index is 2.96. The SMILES string of the molecule is CCOC(=O)C1=C(C)OC(C)(OC(C)=O)C1=O. The fourth-order valence-electron chi connectivity index (χ4n) is 1.56. The van der Waals surface area contributed by atoms with Gasteiger partial charge < -0.3 is 14.2 Å². The highest BCUT2D eigenvalue weighted by molar-refractivity contribution is 6.21. The van der Waals surface area contributed by atoms with Crippen molar-refractivity contribution in [3.63, 3.8) is 0 Å². The van der Waals surface area contributed by atoms with Gasteiger partial charge in [-0.15, -0.1) is 0 Å². The summed E-state index contributed by atoms with van der Waals surface area (Å²) in [6.45, 7) is 5.65. The van der Waals surface area contributed by atoms with Crippen LogP contribution in [0, 0.1) is 0 Å². The van der Waals surface area contributed by atoms with Crippen molar-refractivity contribution in [2.24, 2.45) is 0 Å². The van der Waals surface area contributed by atoms with Crippen molar-refractivity contribution in [2.45, 2.75) is 33.5 Å². The molecule has 1 unspecified atom stereocenters. The molecule has 0 radical (unpaired) electrons. The number of hydrogen-bond donors (Lipinski definition) is 0. The Morgan fingerprint density at radius 1 is 1.41 bits per heavy atom. The highest BCUT2D eigenvalue weighted by Crippen LogP contribution is 2.32. The number of esters is 2. The number of hydrogen-bond acceptors (Lipinski definition) is 6. The third-order valence-electron chi connectivity index (χ3n) is 2.16. The first-order chi connectivity index (χ1) is 7.81. The molecular weight excluding hydrogens is 228 g/mol. The molecule has 0 aliphatic carbocycles. The highest BCUT2D eigenvalue weighted by Gasteiger charge is 2.50. The average Bonchev–Trinajstić information content (AvgIpc) is 2.36. The van der Waals surface area contributed by atoms with Crippen molar-refractivity contribution in [3.05, 3.63) is 11.3 Å². The predicted molar refractivity (Wildman–Crippen MR) is 55.6 cm³/mol. The van der Waals surface area contributed by atoms with Gasteiger partial charge in [-0.05, 0) is 13.8 Å². The van der Waals surface area contributed by atoms with E-state index >= 15 is 0 Å². The van der Waals surface area contributed by atoms with E-state index < -0.39 is 23.5 Å². The second-order valence-corrected chi connectivity index (χ2v) is 3.62. The minimum absolute atomic E-state index is 0.0946. The molecule has 1 aliphatic heterocycles. The molecule has 0 amide bonds. The van der Waals surface area contributed by atoms with Crippen LogP contribution in [0.4, 0.5) is 0 Å². The van der Waals surface area contributed by atoms with Crippen LogP contribution in [0.1, 0.15) is 27.7 Å². The van der Waals surface area contributed by atoms with Crippen molar-refractivity contribution in [1.82, 2.24) is 0 Å². The van der Waals surface area contributed by atoms with E-state index in [4.69, 9.17) is 14.2 Å². The van der Waals surface area contributed by atoms with E-state index in [1.165, 1.54) is 13.8 Å². The maximum absolute atomic E-state index is 11.9. The Hall–Kier alpha value is -1.85. The summed E-state index contributed by atoms with van der Waals surface area (Å²) in [4.78, 5) is 34.3. The molecule has 1 heterocycles. The fourth-order valence-corrected chi connectivity index (χ4v) is 1.56. The smallest absolute Gasteiger partial charge is 0.345 e. The van der Waals surface area contributed by atoms with Crippen LogP contribution in [0.2, 0.25) is 0 Å². The number of allylic oxidation sites excluding steroid dienone is 1. The molecule has 1 aliphatic rings. The Kier molecular flexibility index (Phi) is 3.55. The third-order valence-corrected chi connectivity index (χ3v) is 2.16. The zero-order valence-electron chi connectivity index (χ0n) is 10.2. The van der Waals surface area contributed by atoms with Crippen molar-refractivity contribution in [1.29, 1.82) is 0 Å². The van der Waals surface area contributed by atoms with Crippen LogP contribution >= 0.6 is 0 Å². The van der Waals surface area contributed by atoms with E-state index in [1.807, 2.05) is 0 Å². The van der Waals surface area contributed by atoms with E-state index in [2.05, 4.69) is 0 Å². The quantitative estimate of drug-likeness (QED) is 0.535. The molecule has 0 bridgehead atoms. The van der Waals surface area contributed by atoms with Gasteiger partial charge in [0.25, 0.3) is 5.78 Å². The summed E-state index contributed by atoms with van der Waals surface area (Å²) in [5, 5.41) is 0. The van der Waals surface area contributed by atoms with Gasteiger partial charge >= 0.3 is 17.7 Å². The standard InChI is InChI=1S/C11H14O6/c1-5-15-10(14)8-6(2)16-11(4,9(8)13)17-7(3)12/h5H2,1-4H3. The molecule has 0 fully saturated rings. The van der Waals surface area contributed by atoms with Crippen LogP contribution < -0.4 is 0 Å². The first-order valence-corrected chi connectivity index (χ1v) is 5.13. The Morgan fingerprint density at radius 2 is 2.00 bits per heavy atom. The molecule has 0 saturated carbocycles. The number of ether oxygens (including phenoxy) is 3. The van der Waals surface area contributed by atoms with Gasteiger partial charge in [0, 0.05) is 13.8 Å². The number of carbonyl (C=O) groups is 3. The van der Waals surface area contributed by atoms with Gasteiger partial charge in [0.05, 0.1) is 6.61 Å². The van der Waals surface area contributed by atoms with Crippen LogP contribution in [0.3, 0.4) is 0 Å². The Labute approximate surface area is 98.5 Å². The third kappa shape index (κ3) is 2.46. The van der Waals surface area contributed by atoms with Crippen LogP contribution in [0.5, 0.6) is 0 Å². The summed E-state index contributed by atoms with van der Waals surface area (Å²) in [6, 6.07) is 0. The monoisotopic (exact) mass is 242 g/mol. The zero-order valence-corrected chi connectivity index (χ0v) is 10.2. The summed E-state index contributed by atoms with van der Waals surface area (Å²) >= 11 is 0. The van der Waals surface area contributed by atoms with Crippen molar-refractivity contribution in [2.75, 3.05) is 6.61 Å². The predicted octanol–water partition coefficient (Wildman–Crippen LogP) is 0.702. The maximum Gasteiger partial charge on any atom is 0.345 e. The van der Waals surface area contributed by atoms with E-state index in [0.29, 0.717) is 0 Å². The minimum atomic E-state index is -1.77. The lowest BCUT2D eigenvalue weighted by molar-refractivity contribution is -0.199. The lowest BCUT2D eigenvalue weighted by Crippen LogP contribution is -2.39. The summed E-state index contributed by atoms with van der Waals surface area (Å²) in [7, 11) is 0. The number of Topliss-reactive ketones (excluding diaryl/α,β-unsaturated/α-hetero) is 1. The van der Waals surface area contributed by atoms with E-state index in [0.717, 1.165) is 6.92 Å². The molecule has 6 heteroatoms. The first-order valence-electron chi connectivity index (χ1n) is 5.13. The number of rotatable bonds is 3. The maximum atomic E-state index is 11.9. The van der Waals surface area contributed by atoms with Gasteiger partial charge in [0.15, 0.2) is 0 Å². The topological polar surface area (TPSA) is 78.9 Å². The molecule has 0 N–H and O–H groups in total. The molecule has 0 spiro atoms. The molecule has 94 valence electrons. The Morgan fingerprint density at radius 3 is 2.47 bits per heavy atom. The molecule has 0 aromatic heterocycles. The van der Waals surface area contributed by atoms with E-state index in [9.17, 15) is 14.4 Å². The van der Waals surface area contributed by atoms with E-state index in [-0.39, 0.29) is 17.9 Å². The highest BCUT2D eigenvalue weighted by atomic mass is 16.7. The van der Waals surface area contributed by atoms with E-state index in [1.54, 1.807) is 6.92 Å². The van der Waals surface area contributed by atoms with Gasteiger partial charge in [0.1, 0.15) is 11.3 Å². The second-order valence-electron chi connectivity index (χ2n) is 3.62. The zero-order chi connectivity index (χ0) is 13.2. The van der Waals surface area contributed by atoms with Crippen LogP contribution in [0.25, 0.3) is 0 Å². The molecule has 17 heavy (non-hydrogen) atoms. The molecule has 1 atom stereocenters. The molecule has 0 aromatic carbocycles. The molecule has 0 saturated heterocycles. The van der Waals surface area contributed by atoms with Crippen molar-refractivity contribution < 1.29 is 28.6 Å². The van der Waals surface area contributed by atoms with Crippen LogP contribution in [0.15, 0.2) is 11.3 Å². The molecule has 0 aromatic rings. The largest absolute Gasteiger partial charge is 0.462 e. The van der Waals surface area contributed by atoms with Crippen molar-refractivity contribution in [3.8, 4) is 0 Å². The summed E-state index contributed by atoms with van der Waals surface area (Å²) < 4.78 is 14.6. The first kappa shape index (κ1) is 13.2. The van der Waals surface area contributed by atoms with Crippen LogP contribution in [-0.2, 0) is 28.6 Å². The summed E-state index contributed by atoms with van der Waals surface area (Å²) in [6.07, 6.45) is 0. The lowest BCUT2D eigenvalue weighted by atomic mass is 10.1. The number of ketones is 1. The van der Waals surface area contributed by atoms with Gasteiger partial charge in [-0.25, -0.2) is 4.79 Å². The average molecular weight is 242 g/mol. The Bertz CT molecular complexity index is 408. The lowest BCUT2D eigenvalue weighted by Gasteiger charge is -2.21. The molecule has 6 nitrogen and oxygen atoms in total. The van der Waals surface area contributed by atoms with Crippen LogP contribution in [-0.4, -0.2) is 30.1 Å². The normalized spacial score (nSPS) is 23.4. The minimum Gasteiger partial charge on any atom is -0.462 e. The molecular formula is C11H14O6. The van der Waals surface area contributed by atoms with Gasteiger partial charge in [-0.1, -0.05) is 0 Å². The number of carbonyl (C=O) groups excluding carboxylic acids is 3. The second kappa shape index (κ2) is 4.57. The summed E-state index contributed by atoms with van der Waals surface area (Å²) in [5.74, 6) is -3.82. The van der Waals surface area contributed by atoms with Gasteiger partial charge in [-0.3, -0.25) is 9.59 Å². The summed E-state index contributed by atoms with van der Waals surface area (Å²) in [5.41, 5.74) is -0.212. The molecule has 1 rings (SSSR count).